The molecule has 116 valence electrons. The Kier molecular flexibility index (Phi) is 3.80. The summed E-state index contributed by atoms with van der Waals surface area (Å²) in [5.41, 5.74) is -1.29. The van der Waals surface area contributed by atoms with Crippen molar-refractivity contribution in [1.29, 1.82) is 5.26 Å². The van der Waals surface area contributed by atoms with E-state index in [4.69, 9.17) is 0 Å². The van der Waals surface area contributed by atoms with Crippen molar-refractivity contribution in [2.75, 3.05) is 0 Å². The zero-order chi connectivity index (χ0) is 16.3. The molecule has 23 heavy (non-hydrogen) atoms. The zero-order valence-electron chi connectivity index (χ0n) is 11.8. The van der Waals surface area contributed by atoms with Crippen molar-refractivity contribution in [3.8, 4) is 6.07 Å². The number of hydrogen-bond acceptors (Lipinski definition) is 5. The Hall–Kier alpha value is -3.15. The lowest BCUT2D eigenvalue weighted by atomic mass is 9.81. The van der Waals surface area contributed by atoms with Gasteiger partial charge in [-0.2, -0.15) is 15.5 Å². The number of benzene rings is 1. The molecule has 3 aromatic rings. The van der Waals surface area contributed by atoms with E-state index in [9.17, 15) is 14.0 Å². The Morgan fingerprint density at radius 2 is 1.65 bits per heavy atom. The lowest BCUT2D eigenvalue weighted by Gasteiger charge is -2.27. The van der Waals surface area contributed by atoms with E-state index >= 15 is 0 Å². The maximum atomic E-state index is 14.3. The standard InChI is InChI=1S/C14H11F2N7/c15-11-1-2-12(13(16)3-11)14(4-17,5-22-9-18-7-20-22)6-23-10-19-8-21-23/h1-3,7-10H,5-6H2. The van der Waals surface area contributed by atoms with Crippen LogP contribution in [0.4, 0.5) is 8.78 Å². The van der Waals surface area contributed by atoms with E-state index in [2.05, 4.69) is 26.2 Å². The van der Waals surface area contributed by atoms with Crippen LogP contribution in [0.1, 0.15) is 5.56 Å². The minimum atomic E-state index is -1.35. The first kappa shape index (κ1) is 14.8. The van der Waals surface area contributed by atoms with Crippen LogP contribution < -0.4 is 0 Å². The maximum absolute atomic E-state index is 14.3. The minimum Gasteiger partial charge on any atom is -0.251 e. The summed E-state index contributed by atoms with van der Waals surface area (Å²) in [6.07, 6.45) is 5.49. The molecule has 0 amide bonds. The third-order valence-corrected chi connectivity index (χ3v) is 3.46. The largest absolute Gasteiger partial charge is 0.251 e. The van der Waals surface area contributed by atoms with Crippen LogP contribution in [0.15, 0.2) is 43.5 Å². The number of halogens is 2. The highest BCUT2D eigenvalue weighted by Gasteiger charge is 2.37. The molecule has 9 heteroatoms. The average molecular weight is 315 g/mol. The molecule has 0 N–H and O–H groups in total. The van der Waals surface area contributed by atoms with Gasteiger partial charge in [0, 0.05) is 11.6 Å². The third-order valence-electron chi connectivity index (χ3n) is 3.46. The Balaban J connectivity index is 2.09. The van der Waals surface area contributed by atoms with Crippen LogP contribution in [0.25, 0.3) is 0 Å². The van der Waals surface area contributed by atoms with Crippen molar-refractivity contribution in [1.82, 2.24) is 29.5 Å². The Bertz CT molecular complexity index is 785. The molecule has 0 unspecified atom stereocenters. The molecule has 0 saturated heterocycles. The molecular formula is C14H11F2N7. The highest BCUT2D eigenvalue weighted by molar-refractivity contribution is 5.34. The number of aromatic nitrogens is 6. The van der Waals surface area contributed by atoms with Crippen molar-refractivity contribution in [2.24, 2.45) is 0 Å². The molecule has 7 nitrogen and oxygen atoms in total. The summed E-state index contributed by atoms with van der Waals surface area (Å²) in [5, 5.41) is 17.7. The highest BCUT2D eigenvalue weighted by atomic mass is 19.1. The van der Waals surface area contributed by atoms with Gasteiger partial charge in [-0.05, 0) is 6.07 Å². The van der Waals surface area contributed by atoms with E-state index < -0.39 is 17.0 Å². The van der Waals surface area contributed by atoms with Gasteiger partial charge in [0.1, 0.15) is 42.4 Å². The molecule has 1 aromatic carbocycles. The van der Waals surface area contributed by atoms with Gasteiger partial charge in [0.25, 0.3) is 0 Å². The van der Waals surface area contributed by atoms with Crippen LogP contribution in [-0.2, 0) is 18.5 Å². The first-order valence-corrected chi connectivity index (χ1v) is 6.64. The minimum absolute atomic E-state index is 0.0336. The number of nitrogens with zero attached hydrogens (tertiary/aromatic N) is 7. The van der Waals surface area contributed by atoms with Crippen LogP contribution in [0.2, 0.25) is 0 Å². The lowest BCUT2D eigenvalue weighted by molar-refractivity contribution is 0.346. The second kappa shape index (κ2) is 5.92. The fraction of sp³-hybridized carbons (Fsp3) is 0.214. The van der Waals surface area contributed by atoms with E-state index in [0.717, 1.165) is 12.1 Å². The lowest BCUT2D eigenvalue weighted by Crippen LogP contribution is -2.36. The van der Waals surface area contributed by atoms with Crippen molar-refractivity contribution in [3.63, 3.8) is 0 Å². The summed E-state index contributed by atoms with van der Waals surface area (Å²) in [6, 6.07) is 5.27. The van der Waals surface area contributed by atoms with E-state index in [1.54, 1.807) is 0 Å². The fourth-order valence-electron chi connectivity index (χ4n) is 2.41. The van der Waals surface area contributed by atoms with Gasteiger partial charge in [-0.3, -0.25) is 9.36 Å². The molecule has 2 aromatic heterocycles. The summed E-state index contributed by atoms with van der Waals surface area (Å²) in [7, 11) is 0. The molecule has 0 fully saturated rings. The molecule has 2 heterocycles. The zero-order valence-corrected chi connectivity index (χ0v) is 11.8. The van der Waals surface area contributed by atoms with Crippen LogP contribution in [0.5, 0.6) is 0 Å². The summed E-state index contributed by atoms with van der Waals surface area (Å²) in [6.45, 7) is 0.0673. The molecule has 0 radical (unpaired) electrons. The number of nitriles is 1. The Morgan fingerprint density at radius 3 is 2.09 bits per heavy atom. The van der Waals surface area contributed by atoms with Crippen LogP contribution in [-0.4, -0.2) is 29.5 Å². The molecule has 0 aliphatic heterocycles. The second-order valence-electron chi connectivity index (χ2n) is 5.00. The molecule has 0 saturated carbocycles. The molecule has 0 aliphatic rings. The molecular weight excluding hydrogens is 304 g/mol. The van der Waals surface area contributed by atoms with E-state index in [1.807, 2.05) is 0 Å². The first-order valence-electron chi connectivity index (χ1n) is 6.64. The Morgan fingerprint density at radius 1 is 1.04 bits per heavy atom. The number of hydrogen-bond donors (Lipinski definition) is 0. The van der Waals surface area contributed by atoms with Crippen molar-refractivity contribution >= 4 is 0 Å². The first-order chi connectivity index (χ1) is 11.1. The quantitative estimate of drug-likeness (QED) is 0.708. The van der Waals surface area contributed by atoms with Crippen molar-refractivity contribution < 1.29 is 8.78 Å². The smallest absolute Gasteiger partial charge is 0.137 e. The van der Waals surface area contributed by atoms with Gasteiger partial charge in [0.05, 0.1) is 19.2 Å². The highest BCUT2D eigenvalue weighted by Crippen LogP contribution is 2.30. The maximum Gasteiger partial charge on any atom is 0.137 e. The van der Waals surface area contributed by atoms with Gasteiger partial charge >= 0.3 is 0 Å². The van der Waals surface area contributed by atoms with E-state index in [-0.39, 0.29) is 18.7 Å². The Labute approximate surface area is 129 Å². The van der Waals surface area contributed by atoms with Gasteiger partial charge in [0.2, 0.25) is 0 Å². The van der Waals surface area contributed by atoms with Gasteiger partial charge < -0.3 is 0 Å². The SMILES string of the molecule is N#CC(Cn1cncn1)(Cn1cncn1)c1ccc(F)cc1F. The van der Waals surface area contributed by atoms with Gasteiger partial charge in [-0.15, -0.1) is 0 Å². The average Bonchev–Trinajstić information content (AvgIpc) is 3.20. The second-order valence-corrected chi connectivity index (χ2v) is 5.00. The fourth-order valence-corrected chi connectivity index (χ4v) is 2.41. The molecule has 0 spiro atoms. The summed E-state index contributed by atoms with van der Waals surface area (Å²) in [5.74, 6) is -1.51. The van der Waals surface area contributed by atoms with Crippen molar-refractivity contribution in [3.05, 3.63) is 60.7 Å². The monoisotopic (exact) mass is 315 g/mol. The van der Waals surface area contributed by atoms with Gasteiger partial charge in [-0.1, -0.05) is 6.07 Å². The molecule has 0 aliphatic carbocycles. The summed E-state index contributed by atoms with van der Waals surface area (Å²) < 4.78 is 30.4. The molecule has 3 rings (SSSR count). The third kappa shape index (κ3) is 2.91. The van der Waals surface area contributed by atoms with E-state index in [0.29, 0.717) is 0 Å². The molecule has 0 bridgehead atoms. The van der Waals surface area contributed by atoms with Crippen LogP contribution in [0.3, 0.4) is 0 Å². The predicted molar refractivity (Wildman–Crippen MR) is 73.7 cm³/mol. The normalized spacial score (nSPS) is 11.3. The number of rotatable bonds is 5. The predicted octanol–water partition coefficient (Wildman–Crippen LogP) is 1.31. The van der Waals surface area contributed by atoms with Gasteiger partial charge in [0.15, 0.2) is 0 Å². The molecule has 0 atom stereocenters. The van der Waals surface area contributed by atoms with E-state index in [1.165, 1.54) is 40.7 Å². The topological polar surface area (TPSA) is 85.2 Å². The van der Waals surface area contributed by atoms with Crippen LogP contribution >= 0.6 is 0 Å². The summed E-state index contributed by atoms with van der Waals surface area (Å²) >= 11 is 0. The summed E-state index contributed by atoms with van der Waals surface area (Å²) in [4.78, 5) is 7.64. The van der Waals surface area contributed by atoms with Crippen LogP contribution in [0, 0.1) is 23.0 Å². The van der Waals surface area contributed by atoms with Crippen molar-refractivity contribution in [2.45, 2.75) is 18.5 Å². The van der Waals surface area contributed by atoms with Gasteiger partial charge in [-0.25, -0.2) is 18.7 Å².